The van der Waals surface area contributed by atoms with E-state index < -0.39 is 0 Å². The first-order valence-electron chi connectivity index (χ1n) is 9.35. The van der Waals surface area contributed by atoms with Crippen LogP contribution in [-0.4, -0.2) is 70.5 Å². The molecule has 2 aromatic rings. The van der Waals surface area contributed by atoms with E-state index >= 15 is 0 Å². The zero-order chi connectivity index (χ0) is 18.6. The molecule has 2 aliphatic rings. The molecule has 0 radical (unpaired) electrons. The molecular weight excluding hydrogens is 366 g/mol. The van der Waals surface area contributed by atoms with E-state index in [2.05, 4.69) is 15.5 Å². The fraction of sp³-hybridized carbons (Fsp3) is 0.556. The van der Waals surface area contributed by atoms with Crippen LogP contribution >= 0.6 is 11.3 Å². The number of piperidine rings is 1. The van der Waals surface area contributed by atoms with Crippen LogP contribution in [0, 0.1) is 0 Å². The molecule has 1 unspecified atom stereocenters. The van der Waals surface area contributed by atoms with Crippen molar-refractivity contribution in [2.24, 2.45) is 0 Å². The van der Waals surface area contributed by atoms with Crippen LogP contribution in [0.4, 0.5) is 0 Å². The van der Waals surface area contributed by atoms with Gasteiger partial charge in [0.05, 0.1) is 11.4 Å². The average Bonchev–Trinajstić information content (AvgIpc) is 3.38. The first kappa shape index (κ1) is 18.1. The van der Waals surface area contributed by atoms with Gasteiger partial charge >= 0.3 is 0 Å². The number of amides is 2. The minimum Gasteiger partial charge on any atom is -0.341 e. The number of aromatic nitrogens is 2. The maximum atomic E-state index is 12.6. The summed E-state index contributed by atoms with van der Waals surface area (Å²) < 4.78 is 5.27. The summed E-state index contributed by atoms with van der Waals surface area (Å²) >= 11 is 1.55. The molecule has 0 bridgehead atoms. The SMILES string of the molecule is O=C(CCc1nc(-c2cccs2)no1)N1CCCC(N2CCNCC2=O)C1. The summed E-state index contributed by atoms with van der Waals surface area (Å²) in [6.07, 6.45) is 2.67. The van der Waals surface area contributed by atoms with Crippen LogP contribution < -0.4 is 5.32 Å². The van der Waals surface area contributed by atoms with E-state index in [1.54, 1.807) is 11.3 Å². The first-order chi connectivity index (χ1) is 13.2. The van der Waals surface area contributed by atoms with E-state index in [0.717, 1.165) is 37.4 Å². The third kappa shape index (κ3) is 4.19. The Morgan fingerprint density at radius 3 is 3.15 bits per heavy atom. The number of nitrogens with one attached hydrogen (secondary N) is 1. The Labute approximate surface area is 161 Å². The summed E-state index contributed by atoms with van der Waals surface area (Å²) in [6, 6.07) is 4.01. The molecule has 8 nitrogen and oxygen atoms in total. The average molecular weight is 389 g/mol. The minimum absolute atomic E-state index is 0.0816. The van der Waals surface area contributed by atoms with Gasteiger partial charge in [0, 0.05) is 45.1 Å². The van der Waals surface area contributed by atoms with Crippen molar-refractivity contribution < 1.29 is 14.1 Å². The van der Waals surface area contributed by atoms with Gasteiger partial charge in [0.15, 0.2) is 0 Å². The fourth-order valence-corrected chi connectivity index (χ4v) is 4.33. The Morgan fingerprint density at radius 1 is 1.41 bits per heavy atom. The number of aryl methyl sites for hydroxylation is 1. The molecule has 2 aliphatic heterocycles. The van der Waals surface area contributed by atoms with Crippen LogP contribution in [0.3, 0.4) is 0 Å². The van der Waals surface area contributed by atoms with Crippen LogP contribution in [0.1, 0.15) is 25.2 Å². The number of rotatable bonds is 5. The molecule has 144 valence electrons. The maximum Gasteiger partial charge on any atom is 0.236 e. The van der Waals surface area contributed by atoms with Crippen molar-refractivity contribution in [2.45, 2.75) is 31.7 Å². The van der Waals surface area contributed by atoms with Crippen molar-refractivity contribution in [2.75, 3.05) is 32.7 Å². The molecule has 0 aromatic carbocycles. The van der Waals surface area contributed by atoms with Gasteiger partial charge in [-0.15, -0.1) is 11.3 Å². The maximum absolute atomic E-state index is 12.6. The largest absolute Gasteiger partial charge is 0.341 e. The lowest BCUT2D eigenvalue weighted by atomic mass is 10.0. The van der Waals surface area contributed by atoms with E-state index in [9.17, 15) is 9.59 Å². The van der Waals surface area contributed by atoms with Crippen LogP contribution in [0.2, 0.25) is 0 Å². The van der Waals surface area contributed by atoms with E-state index in [-0.39, 0.29) is 17.9 Å². The van der Waals surface area contributed by atoms with Gasteiger partial charge in [-0.3, -0.25) is 9.59 Å². The molecule has 0 spiro atoms. The van der Waals surface area contributed by atoms with E-state index in [1.165, 1.54) is 0 Å². The highest BCUT2D eigenvalue weighted by atomic mass is 32.1. The molecular formula is C18H23N5O3S. The molecule has 2 aromatic heterocycles. The molecule has 1 atom stereocenters. The summed E-state index contributed by atoms with van der Waals surface area (Å²) in [5, 5.41) is 9.04. The standard InChI is InChI=1S/C18H23N5O3S/c24-16(6-5-15-20-18(21-26-15)14-4-2-10-27-14)22-8-1-3-13(12-22)23-9-7-19-11-17(23)25/h2,4,10,13,19H,1,3,5-9,11-12H2. The van der Waals surface area contributed by atoms with Crippen LogP contribution in [-0.2, 0) is 16.0 Å². The lowest BCUT2D eigenvalue weighted by molar-refractivity contribution is -0.140. The number of carbonyl (C=O) groups is 2. The minimum atomic E-state index is 0.0816. The van der Waals surface area contributed by atoms with Crippen molar-refractivity contribution in [3.05, 3.63) is 23.4 Å². The normalized spacial score (nSPS) is 20.9. The van der Waals surface area contributed by atoms with Crippen molar-refractivity contribution in [1.82, 2.24) is 25.3 Å². The number of piperazine rings is 1. The Hall–Kier alpha value is -2.26. The molecule has 27 heavy (non-hydrogen) atoms. The Morgan fingerprint density at radius 2 is 2.33 bits per heavy atom. The van der Waals surface area contributed by atoms with Crippen molar-refractivity contribution in [3.63, 3.8) is 0 Å². The van der Waals surface area contributed by atoms with Gasteiger partial charge in [-0.05, 0) is 24.3 Å². The highest BCUT2D eigenvalue weighted by molar-refractivity contribution is 7.13. The quantitative estimate of drug-likeness (QED) is 0.825. The van der Waals surface area contributed by atoms with Gasteiger partial charge in [0.25, 0.3) is 0 Å². The second-order valence-electron chi connectivity index (χ2n) is 6.89. The predicted octanol–water partition coefficient (Wildman–Crippen LogP) is 1.15. The van der Waals surface area contributed by atoms with E-state index in [1.807, 2.05) is 27.3 Å². The highest BCUT2D eigenvalue weighted by Crippen LogP contribution is 2.22. The molecule has 2 saturated heterocycles. The third-order valence-corrected chi connectivity index (χ3v) is 5.94. The number of likely N-dealkylation sites (tertiary alicyclic amines) is 1. The number of hydrogen-bond acceptors (Lipinski definition) is 7. The second kappa shape index (κ2) is 8.18. The Kier molecular flexibility index (Phi) is 5.49. The van der Waals surface area contributed by atoms with E-state index in [0.29, 0.717) is 37.6 Å². The fourth-order valence-electron chi connectivity index (χ4n) is 3.68. The molecule has 0 saturated carbocycles. The lowest BCUT2D eigenvalue weighted by Gasteiger charge is -2.41. The molecule has 4 heterocycles. The van der Waals surface area contributed by atoms with Crippen molar-refractivity contribution >= 4 is 23.2 Å². The van der Waals surface area contributed by atoms with Gasteiger partial charge < -0.3 is 19.6 Å². The number of carbonyl (C=O) groups excluding carboxylic acids is 2. The Balaban J connectivity index is 1.31. The van der Waals surface area contributed by atoms with Crippen molar-refractivity contribution in [1.29, 1.82) is 0 Å². The summed E-state index contributed by atoms with van der Waals surface area (Å²) in [4.78, 5) is 33.9. The zero-order valence-electron chi connectivity index (χ0n) is 15.1. The molecule has 0 aliphatic carbocycles. The van der Waals surface area contributed by atoms with Crippen LogP contribution in [0.5, 0.6) is 0 Å². The monoisotopic (exact) mass is 389 g/mol. The van der Waals surface area contributed by atoms with Crippen LogP contribution in [0.25, 0.3) is 10.7 Å². The smallest absolute Gasteiger partial charge is 0.236 e. The lowest BCUT2D eigenvalue weighted by Crippen LogP contribution is -2.57. The first-order valence-corrected chi connectivity index (χ1v) is 10.2. The number of thiophene rings is 1. The topological polar surface area (TPSA) is 91.6 Å². The molecule has 2 amide bonds. The summed E-state index contributed by atoms with van der Waals surface area (Å²) in [5.74, 6) is 1.27. The number of nitrogens with zero attached hydrogens (tertiary/aromatic N) is 4. The van der Waals surface area contributed by atoms with Crippen LogP contribution in [0.15, 0.2) is 22.0 Å². The van der Waals surface area contributed by atoms with Gasteiger partial charge in [0.2, 0.25) is 23.5 Å². The highest BCUT2D eigenvalue weighted by Gasteiger charge is 2.31. The van der Waals surface area contributed by atoms with Gasteiger partial charge in [-0.1, -0.05) is 11.2 Å². The summed E-state index contributed by atoms with van der Waals surface area (Å²) in [5.41, 5.74) is 0. The van der Waals surface area contributed by atoms with Gasteiger partial charge in [-0.25, -0.2) is 0 Å². The number of hydrogen-bond donors (Lipinski definition) is 1. The molecule has 4 rings (SSSR count). The second-order valence-corrected chi connectivity index (χ2v) is 7.84. The molecule has 9 heteroatoms. The predicted molar refractivity (Wildman–Crippen MR) is 100 cm³/mol. The zero-order valence-corrected chi connectivity index (χ0v) is 15.9. The van der Waals surface area contributed by atoms with Gasteiger partial charge in [0.1, 0.15) is 0 Å². The third-order valence-electron chi connectivity index (χ3n) is 5.08. The van der Waals surface area contributed by atoms with Crippen molar-refractivity contribution in [3.8, 4) is 10.7 Å². The summed E-state index contributed by atoms with van der Waals surface area (Å²) in [7, 11) is 0. The molecule has 2 fully saturated rings. The Bertz CT molecular complexity index is 791. The summed E-state index contributed by atoms with van der Waals surface area (Å²) in [6.45, 7) is 3.31. The van der Waals surface area contributed by atoms with E-state index in [4.69, 9.17) is 4.52 Å². The molecule has 1 N–H and O–H groups in total. The van der Waals surface area contributed by atoms with Gasteiger partial charge in [-0.2, -0.15) is 4.98 Å².